The van der Waals surface area contributed by atoms with Crippen molar-refractivity contribution in [1.82, 2.24) is 14.8 Å². The van der Waals surface area contributed by atoms with Crippen LogP contribution in [0.5, 0.6) is 5.75 Å². The predicted octanol–water partition coefficient (Wildman–Crippen LogP) is 5.17. The van der Waals surface area contributed by atoms with Gasteiger partial charge in [-0.15, -0.1) is 10.2 Å². The van der Waals surface area contributed by atoms with Crippen molar-refractivity contribution in [2.45, 2.75) is 18.6 Å². The number of hydrogen-bond donors (Lipinski definition) is 1. The van der Waals surface area contributed by atoms with Crippen LogP contribution in [0.15, 0.2) is 84.0 Å². The molecule has 0 unspecified atom stereocenters. The number of thioether (sulfide) groups is 1. The van der Waals surface area contributed by atoms with Gasteiger partial charge >= 0.3 is 0 Å². The Kier molecular flexibility index (Phi) is 6.87. The van der Waals surface area contributed by atoms with Crippen LogP contribution in [0, 0.1) is 6.92 Å². The van der Waals surface area contributed by atoms with E-state index in [9.17, 15) is 4.79 Å². The second-order valence-corrected chi connectivity index (χ2v) is 8.17. The maximum Gasteiger partial charge on any atom is 0.196 e. The van der Waals surface area contributed by atoms with E-state index in [0.29, 0.717) is 17.3 Å². The molecule has 0 fully saturated rings. The first-order valence-corrected chi connectivity index (χ1v) is 11.2. The van der Waals surface area contributed by atoms with Crippen molar-refractivity contribution in [3.05, 3.63) is 95.8 Å². The lowest BCUT2D eigenvalue weighted by Crippen LogP contribution is -2.09. The summed E-state index contributed by atoms with van der Waals surface area (Å²) in [4.78, 5) is 12.7. The van der Waals surface area contributed by atoms with Crippen molar-refractivity contribution in [2.24, 2.45) is 0 Å². The van der Waals surface area contributed by atoms with Gasteiger partial charge in [-0.25, -0.2) is 0 Å². The van der Waals surface area contributed by atoms with E-state index >= 15 is 0 Å². The summed E-state index contributed by atoms with van der Waals surface area (Å²) in [5.41, 5.74) is 3.83. The average molecular weight is 445 g/mol. The highest BCUT2D eigenvalue weighted by atomic mass is 32.2. The van der Waals surface area contributed by atoms with Crippen LogP contribution in [-0.2, 0) is 6.54 Å². The zero-order chi connectivity index (χ0) is 22.3. The number of nitrogens with zero attached hydrogens (tertiary/aromatic N) is 3. The smallest absolute Gasteiger partial charge is 0.196 e. The molecule has 7 heteroatoms. The number of Topliss-reactive ketones (excluding diaryl/α,β-unsaturated/α-hetero) is 1. The summed E-state index contributed by atoms with van der Waals surface area (Å²) in [6.07, 6.45) is 0. The number of nitrogens with one attached hydrogen (secondary N) is 1. The Bertz CT molecular complexity index is 1170. The van der Waals surface area contributed by atoms with E-state index in [4.69, 9.17) is 4.74 Å². The molecule has 1 N–H and O–H groups in total. The molecule has 0 saturated carbocycles. The molecule has 6 nitrogen and oxygen atoms in total. The highest BCUT2D eigenvalue weighted by Gasteiger charge is 2.16. The number of ether oxygens (including phenoxy) is 1. The summed E-state index contributed by atoms with van der Waals surface area (Å²) in [5.74, 6) is 1.79. The van der Waals surface area contributed by atoms with Crippen molar-refractivity contribution < 1.29 is 9.53 Å². The minimum absolute atomic E-state index is 0.0274. The molecule has 0 aliphatic heterocycles. The van der Waals surface area contributed by atoms with Crippen LogP contribution in [0.3, 0.4) is 0 Å². The van der Waals surface area contributed by atoms with Gasteiger partial charge in [0.2, 0.25) is 0 Å². The van der Waals surface area contributed by atoms with Gasteiger partial charge in [0.1, 0.15) is 5.75 Å². The van der Waals surface area contributed by atoms with E-state index in [2.05, 4.69) is 34.6 Å². The van der Waals surface area contributed by atoms with Gasteiger partial charge in [0.05, 0.1) is 19.4 Å². The Morgan fingerprint density at radius 3 is 2.38 bits per heavy atom. The van der Waals surface area contributed by atoms with E-state index in [1.807, 2.05) is 47.0 Å². The van der Waals surface area contributed by atoms with Gasteiger partial charge < -0.3 is 10.1 Å². The van der Waals surface area contributed by atoms with Gasteiger partial charge in [-0.3, -0.25) is 9.36 Å². The zero-order valence-corrected chi connectivity index (χ0v) is 18.8. The van der Waals surface area contributed by atoms with E-state index in [1.54, 1.807) is 31.4 Å². The second kappa shape index (κ2) is 10.2. The molecule has 0 atom stereocenters. The third-order valence-electron chi connectivity index (χ3n) is 4.96. The van der Waals surface area contributed by atoms with Gasteiger partial charge in [-0.1, -0.05) is 47.7 Å². The van der Waals surface area contributed by atoms with E-state index < -0.39 is 0 Å². The molecule has 1 heterocycles. The second-order valence-electron chi connectivity index (χ2n) is 7.23. The van der Waals surface area contributed by atoms with Crippen LogP contribution in [0.2, 0.25) is 0 Å². The Morgan fingerprint density at radius 2 is 1.69 bits per heavy atom. The van der Waals surface area contributed by atoms with Crippen LogP contribution < -0.4 is 10.1 Å². The molecule has 162 valence electrons. The first kappa shape index (κ1) is 21.6. The van der Waals surface area contributed by atoms with Crippen molar-refractivity contribution in [3.63, 3.8) is 0 Å². The molecule has 1 aromatic heterocycles. The zero-order valence-electron chi connectivity index (χ0n) is 18.0. The van der Waals surface area contributed by atoms with Gasteiger partial charge in [-0.05, 0) is 55.5 Å². The molecule has 0 aliphatic carbocycles. The van der Waals surface area contributed by atoms with Crippen LogP contribution in [0.4, 0.5) is 5.69 Å². The molecule has 32 heavy (non-hydrogen) atoms. The largest absolute Gasteiger partial charge is 0.497 e. The molecule has 3 aromatic carbocycles. The summed E-state index contributed by atoms with van der Waals surface area (Å²) in [5, 5.41) is 12.9. The molecule has 4 aromatic rings. The molecular weight excluding hydrogens is 420 g/mol. The molecule has 4 rings (SSSR count). The maximum atomic E-state index is 12.7. The molecule has 0 amide bonds. The van der Waals surface area contributed by atoms with Gasteiger partial charge in [0, 0.05) is 16.9 Å². The molecule has 0 radical (unpaired) electrons. The maximum absolute atomic E-state index is 12.7. The highest BCUT2D eigenvalue weighted by molar-refractivity contribution is 7.99. The Hall–Kier alpha value is -3.58. The SMILES string of the molecule is COc1ccc(C(=O)CSc2nnc(CNc3ccc(C)cc3)n2-c2ccccc2)cc1. The van der Waals surface area contributed by atoms with Crippen molar-refractivity contribution in [2.75, 3.05) is 18.2 Å². The monoisotopic (exact) mass is 444 g/mol. The molecule has 0 bridgehead atoms. The summed E-state index contributed by atoms with van der Waals surface area (Å²) in [6.45, 7) is 2.57. The fraction of sp³-hybridized carbons (Fsp3) is 0.160. The summed E-state index contributed by atoms with van der Waals surface area (Å²) in [7, 11) is 1.61. The van der Waals surface area contributed by atoms with Gasteiger partial charge in [0.25, 0.3) is 0 Å². The summed E-state index contributed by atoms with van der Waals surface area (Å²) in [6, 6.07) is 25.3. The molecule has 0 saturated heterocycles. The number of anilines is 1. The fourth-order valence-corrected chi connectivity index (χ4v) is 4.05. The van der Waals surface area contributed by atoms with E-state index in [0.717, 1.165) is 22.9 Å². The van der Waals surface area contributed by atoms with Gasteiger partial charge in [-0.2, -0.15) is 0 Å². The first-order valence-electron chi connectivity index (χ1n) is 10.2. The highest BCUT2D eigenvalue weighted by Crippen LogP contribution is 2.24. The Morgan fingerprint density at radius 1 is 0.969 bits per heavy atom. The van der Waals surface area contributed by atoms with E-state index in [-0.39, 0.29) is 11.5 Å². The third kappa shape index (κ3) is 5.18. The number of carbonyl (C=O) groups is 1. The number of carbonyl (C=O) groups excluding carboxylic acids is 1. The minimum Gasteiger partial charge on any atom is -0.497 e. The predicted molar refractivity (Wildman–Crippen MR) is 128 cm³/mol. The third-order valence-corrected chi connectivity index (χ3v) is 5.89. The Labute approximate surface area is 191 Å². The number of rotatable bonds is 9. The lowest BCUT2D eigenvalue weighted by molar-refractivity contribution is 0.102. The molecule has 0 aliphatic rings. The number of hydrogen-bond acceptors (Lipinski definition) is 6. The number of aryl methyl sites for hydroxylation is 1. The topological polar surface area (TPSA) is 69.0 Å². The van der Waals surface area contributed by atoms with Gasteiger partial charge in [0.15, 0.2) is 16.8 Å². The lowest BCUT2D eigenvalue weighted by atomic mass is 10.1. The summed E-state index contributed by atoms with van der Waals surface area (Å²) < 4.78 is 7.16. The average Bonchev–Trinajstić information content (AvgIpc) is 3.25. The molecular formula is C25H24N4O2S. The van der Waals surface area contributed by atoms with Crippen LogP contribution in [0.1, 0.15) is 21.7 Å². The van der Waals surface area contributed by atoms with E-state index in [1.165, 1.54) is 17.3 Å². The van der Waals surface area contributed by atoms with Crippen LogP contribution in [0.25, 0.3) is 5.69 Å². The lowest BCUT2D eigenvalue weighted by Gasteiger charge is -2.11. The standard InChI is InChI=1S/C25H24N4O2S/c1-18-8-12-20(13-9-18)26-16-24-27-28-25(29(24)21-6-4-3-5-7-21)32-17-23(30)19-10-14-22(31-2)15-11-19/h3-15,26H,16-17H2,1-2H3. The number of benzene rings is 3. The molecule has 0 spiro atoms. The number of para-hydroxylation sites is 1. The van der Waals surface area contributed by atoms with Crippen molar-refractivity contribution in [1.29, 1.82) is 0 Å². The normalized spacial score (nSPS) is 10.7. The van der Waals surface area contributed by atoms with Crippen molar-refractivity contribution >= 4 is 23.2 Å². The number of ketones is 1. The summed E-state index contributed by atoms with van der Waals surface area (Å²) >= 11 is 1.38. The number of aromatic nitrogens is 3. The first-order chi connectivity index (χ1) is 15.6. The number of methoxy groups -OCH3 is 1. The van der Waals surface area contributed by atoms with Crippen molar-refractivity contribution in [3.8, 4) is 11.4 Å². The minimum atomic E-state index is 0.0274. The van der Waals surface area contributed by atoms with Crippen LogP contribution in [-0.4, -0.2) is 33.4 Å². The Balaban J connectivity index is 1.52. The van der Waals surface area contributed by atoms with Crippen LogP contribution >= 0.6 is 11.8 Å². The quantitative estimate of drug-likeness (QED) is 0.284. The fourth-order valence-electron chi connectivity index (χ4n) is 3.19.